The first-order valence-corrected chi connectivity index (χ1v) is 6.28. The Hall–Kier alpha value is -1.55. The van der Waals surface area contributed by atoms with Crippen molar-refractivity contribution in [1.82, 2.24) is 5.32 Å². The average Bonchev–Trinajstić information content (AvgIpc) is 2.92. The molecule has 2 rings (SSSR count). The van der Waals surface area contributed by atoms with Crippen LogP contribution in [0.5, 0.6) is 5.75 Å². The minimum atomic E-state index is -0.115. The molecule has 1 aliphatic rings. The molecule has 0 spiro atoms. The van der Waals surface area contributed by atoms with Gasteiger partial charge in [0.1, 0.15) is 5.75 Å². The number of methoxy groups -OCH3 is 1. The van der Waals surface area contributed by atoms with Crippen LogP contribution in [0, 0.1) is 0 Å². The number of para-hydroxylation sites is 1. The SMILES string of the molecule is COc1ccccc1C(=O)N[C@@H](C)[C@H]1CCCO1. The normalized spacial score (nSPS) is 20.4. The molecule has 1 amide bonds. The first-order valence-electron chi connectivity index (χ1n) is 6.28. The molecule has 1 aromatic carbocycles. The predicted molar refractivity (Wildman–Crippen MR) is 68.9 cm³/mol. The molecule has 0 aliphatic carbocycles. The van der Waals surface area contributed by atoms with Gasteiger partial charge in [0.25, 0.3) is 5.91 Å². The molecule has 1 fully saturated rings. The third-order valence-corrected chi connectivity index (χ3v) is 3.23. The minimum absolute atomic E-state index is 0.0184. The van der Waals surface area contributed by atoms with Gasteiger partial charge in [-0.25, -0.2) is 0 Å². The van der Waals surface area contributed by atoms with Crippen molar-refractivity contribution in [3.05, 3.63) is 29.8 Å². The van der Waals surface area contributed by atoms with Gasteiger partial charge in [0, 0.05) is 6.61 Å². The summed E-state index contributed by atoms with van der Waals surface area (Å²) in [5.74, 6) is 0.477. The summed E-state index contributed by atoms with van der Waals surface area (Å²) in [6.45, 7) is 2.77. The van der Waals surface area contributed by atoms with Crippen LogP contribution in [-0.4, -0.2) is 31.8 Å². The van der Waals surface area contributed by atoms with E-state index in [1.54, 1.807) is 19.2 Å². The largest absolute Gasteiger partial charge is 0.496 e. The number of amides is 1. The molecule has 1 saturated heterocycles. The Bertz CT molecular complexity index is 413. The van der Waals surface area contributed by atoms with Crippen LogP contribution in [0.1, 0.15) is 30.1 Å². The smallest absolute Gasteiger partial charge is 0.255 e. The van der Waals surface area contributed by atoms with Crippen molar-refractivity contribution in [3.63, 3.8) is 0 Å². The molecule has 4 heteroatoms. The van der Waals surface area contributed by atoms with Crippen molar-refractivity contribution in [2.75, 3.05) is 13.7 Å². The van der Waals surface area contributed by atoms with E-state index in [4.69, 9.17) is 9.47 Å². The van der Waals surface area contributed by atoms with Crippen LogP contribution in [0.25, 0.3) is 0 Å². The quantitative estimate of drug-likeness (QED) is 0.887. The zero-order chi connectivity index (χ0) is 13.0. The molecule has 1 aromatic rings. The van der Waals surface area contributed by atoms with Crippen LogP contribution in [0.3, 0.4) is 0 Å². The topological polar surface area (TPSA) is 47.6 Å². The molecule has 1 N–H and O–H groups in total. The Labute approximate surface area is 107 Å². The van der Waals surface area contributed by atoms with Crippen LogP contribution in [0.4, 0.5) is 0 Å². The molecule has 98 valence electrons. The summed E-state index contributed by atoms with van der Waals surface area (Å²) in [5, 5.41) is 2.97. The average molecular weight is 249 g/mol. The van der Waals surface area contributed by atoms with E-state index in [-0.39, 0.29) is 18.1 Å². The summed E-state index contributed by atoms with van der Waals surface area (Å²) < 4.78 is 10.7. The first kappa shape index (κ1) is 12.9. The van der Waals surface area contributed by atoms with Gasteiger partial charge in [-0.3, -0.25) is 4.79 Å². The number of nitrogens with one attached hydrogen (secondary N) is 1. The van der Waals surface area contributed by atoms with Crippen molar-refractivity contribution < 1.29 is 14.3 Å². The van der Waals surface area contributed by atoms with E-state index in [0.717, 1.165) is 19.4 Å². The van der Waals surface area contributed by atoms with E-state index in [1.165, 1.54) is 0 Å². The Morgan fingerprint density at radius 1 is 1.50 bits per heavy atom. The standard InChI is InChI=1S/C14H19NO3/c1-10(12-8-5-9-18-12)15-14(16)11-6-3-4-7-13(11)17-2/h3-4,6-7,10,12H,5,8-9H2,1-2H3,(H,15,16)/t10-,12+/m0/s1. The molecule has 1 aliphatic heterocycles. The second-order valence-corrected chi connectivity index (χ2v) is 4.51. The van der Waals surface area contributed by atoms with Gasteiger partial charge in [0.15, 0.2) is 0 Å². The Morgan fingerprint density at radius 3 is 2.94 bits per heavy atom. The number of ether oxygens (including phenoxy) is 2. The monoisotopic (exact) mass is 249 g/mol. The summed E-state index contributed by atoms with van der Waals surface area (Å²) in [6, 6.07) is 7.24. The van der Waals surface area contributed by atoms with Crippen molar-refractivity contribution in [3.8, 4) is 5.75 Å². The highest BCUT2D eigenvalue weighted by atomic mass is 16.5. The lowest BCUT2D eigenvalue weighted by Crippen LogP contribution is -2.40. The molecular formula is C14H19NO3. The number of rotatable bonds is 4. The van der Waals surface area contributed by atoms with E-state index in [1.807, 2.05) is 19.1 Å². The summed E-state index contributed by atoms with van der Waals surface area (Å²) in [7, 11) is 1.57. The second kappa shape index (κ2) is 5.87. The fourth-order valence-corrected chi connectivity index (χ4v) is 2.21. The highest BCUT2D eigenvalue weighted by Gasteiger charge is 2.24. The third-order valence-electron chi connectivity index (χ3n) is 3.23. The molecule has 4 nitrogen and oxygen atoms in total. The van der Waals surface area contributed by atoms with Gasteiger partial charge in [-0.15, -0.1) is 0 Å². The van der Waals surface area contributed by atoms with Gasteiger partial charge >= 0.3 is 0 Å². The zero-order valence-electron chi connectivity index (χ0n) is 10.8. The van der Waals surface area contributed by atoms with E-state index in [9.17, 15) is 4.79 Å². The fourth-order valence-electron chi connectivity index (χ4n) is 2.21. The van der Waals surface area contributed by atoms with E-state index in [2.05, 4.69) is 5.32 Å². The highest BCUT2D eigenvalue weighted by molar-refractivity contribution is 5.97. The molecule has 0 aromatic heterocycles. The maximum absolute atomic E-state index is 12.1. The zero-order valence-corrected chi connectivity index (χ0v) is 10.8. The Kier molecular flexibility index (Phi) is 4.20. The van der Waals surface area contributed by atoms with Gasteiger partial charge in [0.05, 0.1) is 24.8 Å². The lowest BCUT2D eigenvalue weighted by molar-refractivity contribution is 0.0710. The molecule has 0 bridgehead atoms. The summed E-state index contributed by atoms with van der Waals surface area (Å²) in [6.07, 6.45) is 2.20. The number of carbonyl (C=O) groups is 1. The summed E-state index contributed by atoms with van der Waals surface area (Å²) in [5.41, 5.74) is 0.560. The van der Waals surface area contributed by atoms with E-state index >= 15 is 0 Å². The molecule has 2 atom stereocenters. The van der Waals surface area contributed by atoms with Gasteiger partial charge in [-0.1, -0.05) is 12.1 Å². The van der Waals surface area contributed by atoms with Gasteiger partial charge in [-0.2, -0.15) is 0 Å². The van der Waals surface area contributed by atoms with Crippen molar-refractivity contribution >= 4 is 5.91 Å². The summed E-state index contributed by atoms with van der Waals surface area (Å²) in [4.78, 5) is 12.1. The maximum Gasteiger partial charge on any atom is 0.255 e. The molecule has 1 heterocycles. The van der Waals surface area contributed by atoms with Crippen LogP contribution in [-0.2, 0) is 4.74 Å². The maximum atomic E-state index is 12.1. The summed E-state index contributed by atoms with van der Waals surface area (Å²) >= 11 is 0. The molecule has 0 unspecified atom stereocenters. The second-order valence-electron chi connectivity index (χ2n) is 4.51. The fraction of sp³-hybridized carbons (Fsp3) is 0.500. The lowest BCUT2D eigenvalue weighted by Gasteiger charge is -2.20. The van der Waals surface area contributed by atoms with Crippen LogP contribution in [0.15, 0.2) is 24.3 Å². The number of benzene rings is 1. The molecule has 18 heavy (non-hydrogen) atoms. The predicted octanol–water partition coefficient (Wildman–Crippen LogP) is 1.99. The Morgan fingerprint density at radius 2 is 2.28 bits per heavy atom. The number of hydrogen-bond acceptors (Lipinski definition) is 3. The third kappa shape index (κ3) is 2.82. The first-order chi connectivity index (χ1) is 8.72. The van der Waals surface area contributed by atoms with E-state index < -0.39 is 0 Å². The van der Waals surface area contributed by atoms with Crippen LogP contribution in [0.2, 0.25) is 0 Å². The lowest BCUT2D eigenvalue weighted by atomic mass is 10.1. The highest BCUT2D eigenvalue weighted by Crippen LogP contribution is 2.19. The van der Waals surface area contributed by atoms with Crippen molar-refractivity contribution in [2.45, 2.75) is 31.9 Å². The van der Waals surface area contributed by atoms with Gasteiger partial charge in [-0.05, 0) is 31.9 Å². The van der Waals surface area contributed by atoms with Crippen molar-refractivity contribution in [2.24, 2.45) is 0 Å². The number of hydrogen-bond donors (Lipinski definition) is 1. The van der Waals surface area contributed by atoms with Crippen molar-refractivity contribution in [1.29, 1.82) is 0 Å². The minimum Gasteiger partial charge on any atom is -0.496 e. The molecule has 0 radical (unpaired) electrons. The van der Waals surface area contributed by atoms with E-state index in [0.29, 0.717) is 11.3 Å². The van der Waals surface area contributed by atoms with Crippen LogP contribution >= 0.6 is 0 Å². The van der Waals surface area contributed by atoms with Gasteiger partial charge < -0.3 is 14.8 Å². The number of carbonyl (C=O) groups excluding carboxylic acids is 1. The Balaban J connectivity index is 2.02. The van der Waals surface area contributed by atoms with Crippen LogP contribution < -0.4 is 10.1 Å². The van der Waals surface area contributed by atoms with Gasteiger partial charge in [0.2, 0.25) is 0 Å². The molecule has 0 saturated carbocycles. The molecular weight excluding hydrogens is 230 g/mol.